The highest BCUT2D eigenvalue weighted by Gasteiger charge is 2.21. The molecule has 2 aromatic rings. The van der Waals surface area contributed by atoms with Crippen LogP contribution < -0.4 is 14.8 Å². The second-order valence-electron chi connectivity index (χ2n) is 6.44. The van der Waals surface area contributed by atoms with Crippen molar-refractivity contribution in [2.75, 3.05) is 18.5 Å². The summed E-state index contributed by atoms with van der Waals surface area (Å²) in [6.45, 7) is 2.82. The standard InChI is InChI=1S/C20H22N2O6/c1-14(28-19-7-3-2-6-18(19)22(24)25)20(23)21-15-8-10-16(11-9-15)27-13-17-5-4-12-26-17/h2-3,6-11,14,17H,4-5,12-13H2,1H3,(H,21,23). The predicted molar refractivity (Wildman–Crippen MR) is 103 cm³/mol. The van der Waals surface area contributed by atoms with Crippen molar-refractivity contribution in [3.05, 3.63) is 58.6 Å². The molecule has 1 saturated heterocycles. The van der Waals surface area contributed by atoms with Gasteiger partial charge in [0.15, 0.2) is 11.9 Å². The molecular formula is C20H22N2O6. The number of benzene rings is 2. The number of carbonyl (C=O) groups is 1. The van der Waals surface area contributed by atoms with Crippen LogP contribution in [0.3, 0.4) is 0 Å². The van der Waals surface area contributed by atoms with Crippen LogP contribution in [0.25, 0.3) is 0 Å². The minimum Gasteiger partial charge on any atom is -0.491 e. The second-order valence-corrected chi connectivity index (χ2v) is 6.44. The van der Waals surface area contributed by atoms with Crippen molar-refractivity contribution in [1.29, 1.82) is 0 Å². The number of carbonyl (C=O) groups excluding carboxylic acids is 1. The Labute approximate surface area is 162 Å². The topological polar surface area (TPSA) is 99.9 Å². The third-order valence-corrected chi connectivity index (χ3v) is 4.32. The van der Waals surface area contributed by atoms with E-state index in [4.69, 9.17) is 14.2 Å². The minimum absolute atomic E-state index is 0.0491. The molecule has 8 nitrogen and oxygen atoms in total. The van der Waals surface area contributed by atoms with Gasteiger partial charge in [-0.05, 0) is 50.1 Å². The van der Waals surface area contributed by atoms with Crippen molar-refractivity contribution in [3.63, 3.8) is 0 Å². The van der Waals surface area contributed by atoms with Crippen molar-refractivity contribution in [1.82, 2.24) is 0 Å². The highest BCUT2D eigenvalue weighted by Crippen LogP contribution is 2.27. The minimum atomic E-state index is -0.906. The molecule has 3 rings (SSSR count). The Balaban J connectivity index is 1.53. The lowest BCUT2D eigenvalue weighted by atomic mass is 10.2. The number of nitrogens with zero attached hydrogens (tertiary/aromatic N) is 1. The van der Waals surface area contributed by atoms with Crippen molar-refractivity contribution in [2.24, 2.45) is 0 Å². The van der Waals surface area contributed by atoms with Crippen LogP contribution in [-0.4, -0.2) is 36.3 Å². The fourth-order valence-corrected chi connectivity index (χ4v) is 2.79. The lowest BCUT2D eigenvalue weighted by Gasteiger charge is -2.15. The number of nitro groups is 1. The SMILES string of the molecule is CC(Oc1ccccc1[N+](=O)[O-])C(=O)Nc1ccc(OCC2CCCO2)cc1. The van der Waals surface area contributed by atoms with Crippen LogP contribution >= 0.6 is 0 Å². The molecule has 1 aliphatic heterocycles. The van der Waals surface area contributed by atoms with E-state index in [0.29, 0.717) is 18.0 Å². The maximum absolute atomic E-state index is 12.3. The number of rotatable bonds is 8. The summed E-state index contributed by atoms with van der Waals surface area (Å²) >= 11 is 0. The lowest BCUT2D eigenvalue weighted by molar-refractivity contribution is -0.386. The summed E-state index contributed by atoms with van der Waals surface area (Å²) in [6, 6.07) is 12.9. The van der Waals surface area contributed by atoms with E-state index in [0.717, 1.165) is 19.4 Å². The largest absolute Gasteiger partial charge is 0.491 e. The first-order chi connectivity index (χ1) is 13.5. The van der Waals surface area contributed by atoms with Crippen LogP contribution in [0.5, 0.6) is 11.5 Å². The Kier molecular flexibility index (Phi) is 6.44. The monoisotopic (exact) mass is 386 g/mol. The van der Waals surface area contributed by atoms with Gasteiger partial charge in [-0.3, -0.25) is 14.9 Å². The van der Waals surface area contributed by atoms with Gasteiger partial charge in [0, 0.05) is 18.4 Å². The number of hydrogen-bond donors (Lipinski definition) is 1. The van der Waals surface area contributed by atoms with Crippen LogP contribution in [0.2, 0.25) is 0 Å². The number of para-hydroxylation sites is 2. The van der Waals surface area contributed by atoms with Gasteiger partial charge in [0.05, 0.1) is 11.0 Å². The summed E-state index contributed by atoms with van der Waals surface area (Å²) < 4.78 is 16.7. The first-order valence-electron chi connectivity index (χ1n) is 9.08. The molecule has 1 amide bonds. The first-order valence-corrected chi connectivity index (χ1v) is 9.08. The molecule has 1 N–H and O–H groups in total. The molecule has 1 fully saturated rings. The van der Waals surface area contributed by atoms with Gasteiger partial charge in [0.25, 0.3) is 5.91 Å². The summed E-state index contributed by atoms with van der Waals surface area (Å²) in [5.41, 5.74) is 0.391. The number of amides is 1. The third kappa shape index (κ3) is 5.20. The zero-order valence-electron chi connectivity index (χ0n) is 15.5. The molecular weight excluding hydrogens is 364 g/mol. The normalized spacial score (nSPS) is 17.0. The first kappa shape index (κ1) is 19.6. The maximum atomic E-state index is 12.3. The van der Waals surface area contributed by atoms with Gasteiger partial charge in [-0.15, -0.1) is 0 Å². The smallest absolute Gasteiger partial charge is 0.310 e. The molecule has 0 radical (unpaired) electrons. The van der Waals surface area contributed by atoms with Crippen molar-refractivity contribution >= 4 is 17.3 Å². The van der Waals surface area contributed by atoms with Gasteiger partial charge in [0.2, 0.25) is 0 Å². The second kappa shape index (κ2) is 9.18. The van der Waals surface area contributed by atoms with Crippen LogP contribution in [0, 0.1) is 10.1 Å². The van der Waals surface area contributed by atoms with E-state index < -0.39 is 16.9 Å². The van der Waals surface area contributed by atoms with E-state index in [1.54, 1.807) is 30.3 Å². The third-order valence-electron chi connectivity index (χ3n) is 4.32. The zero-order valence-corrected chi connectivity index (χ0v) is 15.5. The van der Waals surface area contributed by atoms with E-state index in [1.807, 2.05) is 0 Å². The van der Waals surface area contributed by atoms with Crippen molar-refractivity contribution < 1.29 is 23.9 Å². The number of nitrogens with one attached hydrogen (secondary N) is 1. The average Bonchev–Trinajstić information content (AvgIpc) is 3.21. The maximum Gasteiger partial charge on any atom is 0.310 e. The summed E-state index contributed by atoms with van der Waals surface area (Å²) in [7, 11) is 0. The van der Waals surface area contributed by atoms with E-state index in [1.165, 1.54) is 25.1 Å². The van der Waals surface area contributed by atoms with Gasteiger partial charge >= 0.3 is 5.69 Å². The van der Waals surface area contributed by atoms with Crippen LogP contribution in [0.15, 0.2) is 48.5 Å². The quantitative estimate of drug-likeness (QED) is 0.550. The molecule has 0 aliphatic carbocycles. The number of anilines is 1. The van der Waals surface area contributed by atoms with E-state index >= 15 is 0 Å². The average molecular weight is 386 g/mol. The number of ether oxygens (including phenoxy) is 3. The number of hydrogen-bond acceptors (Lipinski definition) is 6. The fraction of sp³-hybridized carbons (Fsp3) is 0.350. The molecule has 148 valence electrons. The van der Waals surface area contributed by atoms with Crippen LogP contribution in [0.1, 0.15) is 19.8 Å². The molecule has 28 heavy (non-hydrogen) atoms. The van der Waals surface area contributed by atoms with Gasteiger partial charge in [-0.1, -0.05) is 12.1 Å². The highest BCUT2D eigenvalue weighted by atomic mass is 16.6. The zero-order chi connectivity index (χ0) is 19.9. The molecule has 8 heteroatoms. The Morgan fingerprint density at radius 2 is 2.04 bits per heavy atom. The molecule has 1 aliphatic rings. The Bertz CT molecular complexity index is 818. The van der Waals surface area contributed by atoms with Crippen LogP contribution in [-0.2, 0) is 9.53 Å². The molecule has 0 bridgehead atoms. The Morgan fingerprint density at radius 1 is 1.29 bits per heavy atom. The van der Waals surface area contributed by atoms with Gasteiger partial charge in [0.1, 0.15) is 12.4 Å². The lowest BCUT2D eigenvalue weighted by Crippen LogP contribution is -2.30. The molecule has 0 saturated carbocycles. The van der Waals surface area contributed by atoms with E-state index in [-0.39, 0.29) is 17.5 Å². The molecule has 0 aromatic heterocycles. The van der Waals surface area contributed by atoms with Gasteiger partial charge < -0.3 is 19.5 Å². The van der Waals surface area contributed by atoms with Crippen molar-refractivity contribution in [3.8, 4) is 11.5 Å². The summed E-state index contributed by atoms with van der Waals surface area (Å²) in [6.07, 6.45) is 1.30. The molecule has 1 heterocycles. The molecule has 2 atom stereocenters. The Hall–Kier alpha value is -3.13. The summed E-state index contributed by atoms with van der Waals surface area (Å²) in [5.74, 6) is 0.330. The summed E-state index contributed by atoms with van der Waals surface area (Å²) in [4.78, 5) is 22.8. The van der Waals surface area contributed by atoms with Crippen molar-refractivity contribution in [2.45, 2.75) is 32.0 Å². The van der Waals surface area contributed by atoms with Gasteiger partial charge in [-0.25, -0.2) is 0 Å². The number of nitro benzene ring substituents is 1. The predicted octanol–water partition coefficient (Wildman–Crippen LogP) is 3.56. The fourth-order valence-electron chi connectivity index (χ4n) is 2.79. The molecule has 0 spiro atoms. The summed E-state index contributed by atoms with van der Waals surface area (Å²) in [5, 5.41) is 13.8. The van der Waals surface area contributed by atoms with Crippen LogP contribution in [0.4, 0.5) is 11.4 Å². The molecule has 2 unspecified atom stereocenters. The van der Waals surface area contributed by atoms with E-state index in [9.17, 15) is 14.9 Å². The van der Waals surface area contributed by atoms with Gasteiger partial charge in [-0.2, -0.15) is 0 Å². The Morgan fingerprint density at radius 3 is 2.71 bits per heavy atom. The molecule has 2 aromatic carbocycles. The highest BCUT2D eigenvalue weighted by molar-refractivity contribution is 5.94. The van der Waals surface area contributed by atoms with E-state index in [2.05, 4.69) is 5.32 Å².